The molecule has 1 saturated heterocycles. The molecule has 0 saturated carbocycles. The van der Waals surface area contributed by atoms with Crippen molar-refractivity contribution in [2.75, 3.05) is 12.8 Å². The molecule has 0 aromatic rings. The second-order valence-electron chi connectivity index (χ2n) is 3.45. The van der Waals surface area contributed by atoms with E-state index in [1.54, 1.807) is 0 Å². The van der Waals surface area contributed by atoms with Gasteiger partial charge in [0.05, 0.1) is 4.87 Å². The van der Waals surface area contributed by atoms with Gasteiger partial charge in [-0.3, -0.25) is 4.90 Å². The summed E-state index contributed by atoms with van der Waals surface area (Å²) in [6.45, 7) is 12.3. The van der Waals surface area contributed by atoms with Gasteiger partial charge in [-0.25, -0.2) is 0 Å². The third-order valence-electron chi connectivity index (χ3n) is 2.19. The van der Waals surface area contributed by atoms with Crippen LogP contribution in [0.25, 0.3) is 0 Å². The van der Waals surface area contributed by atoms with Crippen molar-refractivity contribution in [3.63, 3.8) is 0 Å². The molecule has 1 rings (SSSR count). The number of hydrogen-bond acceptors (Lipinski definition) is 3. The number of hydrogen-bond donors (Lipinski definition) is 0. The first-order chi connectivity index (χ1) is 6.45. The van der Waals surface area contributed by atoms with E-state index < -0.39 is 0 Å². The molecule has 1 aliphatic rings. The molecule has 0 N–H and O–H groups in total. The number of aldehydes is 1. The Morgan fingerprint density at radius 2 is 1.79 bits per heavy atom. The highest BCUT2D eigenvalue weighted by Crippen LogP contribution is 2.36. The fourth-order valence-corrected chi connectivity index (χ4v) is 2.33. The maximum Gasteiger partial charge on any atom is 0.116 e. The molecule has 0 amide bonds. The monoisotopic (exact) mass is 219 g/mol. The van der Waals surface area contributed by atoms with Crippen LogP contribution in [-0.2, 0) is 4.79 Å². The van der Waals surface area contributed by atoms with E-state index in [-0.39, 0.29) is 0 Å². The SMILES string of the molecule is CC.CC1CSC(C)(C)N1C.CC=O. The molecule has 2 nitrogen and oxygen atoms in total. The van der Waals surface area contributed by atoms with Crippen LogP contribution in [0.15, 0.2) is 0 Å². The van der Waals surface area contributed by atoms with Gasteiger partial charge in [0.15, 0.2) is 0 Å². The van der Waals surface area contributed by atoms with Crippen LogP contribution in [0.3, 0.4) is 0 Å². The van der Waals surface area contributed by atoms with Crippen LogP contribution in [0.1, 0.15) is 41.5 Å². The summed E-state index contributed by atoms with van der Waals surface area (Å²) < 4.78 is 0. The van der Waals surface area contributed by atoms with E-state index in [1.807, 2.05) is 25.6 Å². The van der Waals surface area contributed by atoms with Crippen molar-refractivity contribution < 1.29 is 4.79 Å². The van der Waals surface area contributed by atoms with Crippen molar-refractivity contribution in [1.82, 2.24) is 4.90 Å². The molecule has 0 aromatic heterocycles. The van der Waals surface area contributed by atoms with Gasteiger partial charge in [0.25, 0.3) is 0 Å². The molecule has 86 valence electrons. The number of thioether (sulfide) groups is 1. The maximum absolute atomic E-state index is 8.81. The van der Waals surface area contributed by atoms with Crippen molar-refractivity contribution in [2.24, 2.45) is 0 Å². The number of carbonyl (C=O) groups excluding carboxylic acids is 1. The van der Waals surface area contributed by atoms with Gasteiger partial charge >= 0.3 is 0 Å². The van der Waals surface area contributed by atoms with E-state index in [9.17, 15) is 0 Å². The lowest BCUT2D eigenvalue weighted by atomic mass is 10.2. The van der Waals surface area contributed by atoms with E-state index in [0.717, 1.165) is 12.3 Å². The summed E-state index contributed by atoms with van der Waals surface area (Å²) in [7, 11) is 2.20. The quantitative estimate of drug-likeness (QED) is 0.584. The normalized spacial score (nSPS) is 24.1. The minimum absolute atomic E-state index is 0.374. The molecular weight excluding hydrogens is 194 g/mol. The summed E-state index contributed by atoms with van der Waals surface area (Å²) in [6.07, 6.45) is 0.750. The Kier molecular flexibility index (Phi) is 9.73. The molecule has 1 heterocycles. The summed E-state index contributed by atoms with van der Waals surface area (Å²) >= 11 is 2.04. The van der Waals surface area contributed by atoms with Gasteiger partial charge in [-0.1, -0.05) is 13.8 Å². The third kappa shape index (κ3) is 5.66. The first kappa shape index (κ1) is 16.4. The van der Waals surface area contributed by atoms with E-state index in [1.165, 1.54) is 12.7 Å². The third-order valence-corrected chi connectivity index (χ3v) is 3.83. The predicted octanol–water partition coefficient (Wildman–Crippen LogP) is 3.02. The topological polar surface area (TPSA) is 20.3 Å². The van der Waals surface area contributed by atoms with Crippen LogP contribution < -0.4 is 0 Å². The van der Waals surface area contributed by atoms with Crippen molar-refractivity contribution in [1.29, 1.82) is 0 Å². The average molecular weight is 219 g/mol. The van der Waals surface area contributed by atoms with Gasteiger partial charge in [-0.2, -0.15) is 0 Å². The highest BCUT2D eigenvalue weighted by Gasteiger charge is 2.34. The molecule has 0 radical (unpaired) electrons. The molecular formula is C11H25NOS. The van der Waals surface area contributed by atoms with Gasteiger partial charge in [-0.05, 0) is 34.7 Å². The lowest BCUT2D eigenvalue weighted by Crippen LogP contribution is -2.37. The van der Waals surface area contributed by atoms with Gasteiger partial charge < -0.3 is 4.79 Å². The zero-order valence-corrected chi connectivity index (χ0v) is 11.4. The van der Waals surface area contributed by atoms with Crippen molar-refractivity contribution in [2.45, 2.75) is 52.5 Å². The van der Waals surface area contributed by atoms with Crippen LogP contribution in [0.5, 0.6) is 0 Å². The predicted molar refractivity (Wildman–Crippen MR) is 66.8 cm³/mol. The van der Waals surface area contributed by atoms with Crippen LogP contribution in [0, 0.1) is 0 Å². The summed E-state index contributed by atoms with van der Waals surface area (Å²) in [5.74, 6) is 1.28. The lowest BCUT2D eigenvalue weighted by Gasteiger charge is -2.28. The molecule has 0 spiro atoms. The maximum atomic E-state index is 8.81. The first-order valence-corrected chi connectivity index (χ1v) is 6.21. The Morgan fingerprint density at radius 1 is 1.43 bits per heavy atom. The van der Waals surface area contributed by atoms with E-state index in [4.69, 9.17) is 4.79 Å². The zero-order valence-electron chi connectivity index (χ0n) is 10.6. The Labute approximate surface area is 93.4 Å². The standard InChI is InChI=1S/C7H15NS.C2H4O.C2H6/c1-6-5-9-7(2,3)8(6)4;1-2-3;1-2/h6H,5H2,1-4H3;2H,1H3;1-2H3. The van der Waals surface area contributed by atoms with E-state index in [0.29, 0.717) is 4.87 Å². The highest BCUT2D eigenvalue weighted by atomic mass is 32.2. The fourth-order valence-electron chi connectivity index (χ4n) is 1.07. The Hall–Kier alpha value is -0.0200. The number of nitrogens with zero attached hydrogens (tertiary/aromatic N) is 1. The van der Waals surface area contributed by atoms with Crippen molar-refractivity contribution in [3.05, 3.63) is 0 Å². The van der Waals surface area contributed by atoms with E-state index in [2.05, 4.69) is 32.7 Å². The lowest BCUT2D eigenvalue weighted by molar-refractivity contribution is -0.106. The van der Waals surface area contributed by atoms with Crippen LogP contribution >= 0.6 is 11.8 Å². The second kappa shape index (κ2) is 8.30. The molecule has 0 aliphatic carbocycles. The summed E-state index contributed by atoms with van der Waals surface area (Å²) in [6, 6.07) is 0.755. The second-order valence-corrected chi connectivity index (χ2v) is 5.07. The molecule has 14 heavy (non-hydrogen) atoms. The smallest absolute Gasteiger partial charge is 0.116 e. The molecule has 1 unspecified atom stereocenters. The molecule has 0 bridgehead atoms. The van der Waals surface area contributed by atoms with Gasteiger partial charge in [0, 0.05) is 11.8 Å². The van der Waals surface area contributed by atoms with Gasteiger partial charge in [-0.15, -0.1) is 11.8 Å². The number of carbonyl (C=O) groups is 1. The number of rotatable bonds is 0. The molecule has 1 fully saturated rings. The fraction of sp³-hybridized carbons (Fsp3) is 0.909. The summed E-state index contributed by atoms with van der Waals surface area (Å²) in [4.78, 5) is 11.6. The molecule has 0 aromatic carbocycles. The van der Waals surface area contributed by atoms with Crippen LogP contribution in [-0.4, -0.2) is 34.9 Å². The Morgan fingerprint density at radius 3 is 1.86 bits per heavy atom. The van der Waals surface area contributed by atoms with Crippen LogP contribution in [0.2, 0.25) is 0 Å². The molecule has 1 atom stereocenters. The summed E-state index contributed by atoms with van der Waals surface area (Å²) in [5.41, 5.74) is 0. The molecule has 3 heteroatoms. The summed E-state index contributed by atoms with van der Waals surface area (Å²) in [5, 5.41) is 0. The Balaban J connectivity index is 0. The average Bonchev–Trinajstić information content (AvgIpc) is 2.38. The zero-order chi connectivity index (χ0) is 11.8. The molecule has 1 aliphatic heterocycles. The first-order valence-electron chi connectivity index (χ1n) is 5.22. The van der Waals surface area contributed by atoms with Gasteiger partial charge in [0.1, 0.15) is 6.29 Å². The van der Waals surface area contributed by atoms with Crippen molar-refractivity contribution in [3.8, 4) is 0 Å². The Bertz CT molecular complexity index is 148. The van der Waals surface area contributed by atoms with Gasteiger partial charge in [0.2, 0.25) is 0 Å². The highest BCUT2D eigenvalue weighted by molar-refractivity contribution is 8.00. The van der Waals surface area contributed by atoms with Crippen LogP contribution in [0.4, 0.5) is 0 Å². The minimum atomic E-state index is 0.374. The minimum Gasteiger partial charge on any atom is -0.304 e. The van der Waals surface area contributed by atoms with Crippen molar-refractivity contribution >= 4 is 18.0 Å². The van der Waals surface area contributed by atoms with E-state index >= 15 is 0 Å². The largest absolute Gasteiger partial charge is 0.304 e.